The number of amides is 3. The van der Waals surface area contributed by atoms with Crippen LogP contribution >= 0.6 is 0 Å². The van der Waals surface area contributed by atoms with Crippen LogP contribution in [0.4, 0.5) is 0 Å². The van der Waals surface area contributed by atoms with Crippen LogP contribution in [0.25, 0.3) is 10.8 Å². The van der Waals surface area contributed by atoms with Gasteiger partial charge in [-0.15, -0.1) is 0 Å². The molecule has 3 amide bonds. The number of aromatic nitrogens is 2. The number of piperidine rings is 1. The third-order valence-electron chi connectivity index (χ3n) is 9.66. The second-order valence-electron chi connectivity index (χ2n) is 13.2. The fourth-order valence-corrected chi connectivity index (χ4v) is 6.94. The van der Waals surface area contributed by atoms with E-state index in [4.69, 9.17) is 4.74 Å². The van der Waals surface area contributed by atoms with Crippen LogP contribution in [0.1, 0.15) is 29.7 Å². The number of nitrogens with zero attached hydrogens (tertiary/aromatic N) is 3. The van der Waals surface area contributed by atoms with Crippen molar-refractivity contribution in [3.8, 4) is 11.5 Å². The lowest BCUT2D eigenvalue weighted by atomic mass is 9.95. The van der Waals surface area contributed by atoms with Crippen LogP contribution in [0.2, 0.25) is 0 Å². The monoisotopic (exact) mass is 670 g/mol. The molecule has 0 spiro atoms. The fraction of sp³-hybridized carbons (Fsp3) is 0.300. The second-order valence-corrected chi connectivity index (χ2v) is 13.2. The van der Waals surface area contributed by atoms with Gasteiger partial charge in [0.2, 0.25) is 17.7 Å². The van der Waals surface area contributed by atoms with E-state index in [0.29, 0.717) is 30.3 Å². The minimum Gasteiger partial charge on any atom is -0.457 e. The maximum Gasteiger partial charge on any atom is 0.246 e. The Morgan fingerprint density at radius 1 is 0.840 bits per heavy atom. The van der Waals surface area contributed by atoms with Crippen molar-refractivity contribution in [2.24, 2.45) is 5.92 Å². The average Bonchev–Trinajstić information content (AvgIpc) is 3.66. The van der Waals surface area contributed by atoms with Crippen LogP contribution < -0.4 is 15.4 Å². The summed E-state index contributed by atoms with van der Waals surface area (Å²) >= 11 is 0. The van der Waals surface area contributed by atoms with E-state index in [-0.39, 0.29) is 37.2 Å². The van der Waals surface area contributed by atoms with Crippen molar-refractivity contribution in [3.05, 3.63) is 126 Å². The lowest BCUT2D eigenvalue weighted by molar-refractivity contribution is -0.152. The zero-order valence-electron chi connectivity index (χ0n) is 28.0. The van der Waals surface area contributed by atoms with Crippen molar-refractivity contribution < 1.29 is 19.1 Å². The molecule has 50 heavy (non-hydrogen) atoms. The normalized spacial score (nSPS) is 18.2. The summed E-state index contributed by atoms with van der Waals surface area (Å²) in [6.07, 6.45) is 5.63. The second kappa shape index (κ2) is 15.4. The predicted molar refractivity (Wildman–Crippen MR) is 191 cm³/mol. The highest BCUT2D eigenvalue weighted by molar-refractivity contribution is 5.97. The van der Waals surface area contributed by atoms with E-state index in [1.165, 1.54) is 0 Å². The first-order valence-electron chi connectivity index (χ1n) is 17.3. The molecule has 2 aliphatic rings. The van der Waals surface area contributed by atoms with Gasteiger partial charge < -0.3 is 30.2 Å². The van der Waals surface area contributed by atoms with E-state index in [2.05, 4.69) is 32.7 Å². The van der Waals surface area contributed by atoms with Crippen LogP contribution in [-0.4, -0.2) is 75.8 Å². The lowest BCUT2D eigenvalue weighted by Crippen LogP contribution is -2.66. The molecule has 256 valence electrons. The van der Waals surface area contributed by atoms with Crippen LogP contribution in [0.15, 0.2) is 110 Å². The van der Waals surface area contributed by atoms with Crippen LogP contribution in [-0.2, 0) is 33.8 Å². The Hall–Kier alpha value is -5.48. The molecule has 10 nitrogen and oxygen atoms in total. The third-order valence-corrected chi connectivity index (χ3v) is 9.66. The zero-order chi connectivity index (χ0) is 34.3. The molecule has 1 aromatic heterocycles. The number of piperazine rings is 1. The Labute approximate surface area is 291 Å². The van der Waals surface area contributed by atoms with E-state index in [1.54, 1.807) is 22.3 Å². The molecule has 0 unspecified atom stereocenters. The van der Waals surface area contributed by atoms with Gasteiger partial charge in [-0.2, -0.15) is 0 Å². The SMILES string of the molecule is O=C1N[C@@H](Cc2ccc3ccccc3c2)C(=O)N(Cc2ccc(Oc3ccccc3)cc2)[C@H]1CN(CC1CCNCC1)C(=O)Cc1c[nH]cn1. The Bertz CT molecular complexity index is 1910. The number of hydrogen-bond acceptors (Lipinski definition) is 6. The van der Waals surface area contributed by atoms with Gasteiger partial charge in [0, 0.05) is 25.7 Å². The number of benzene rings is 4. The van der Waals surface area contributed by atoms with Gasteiger partial charge in [0.05, 0.1) is 25.0 Å². The number of ether oxygens (including phenoxy) is 1. The first-order valence-corrected chi connectivity index (χ1v) is 17.3. The van der Waals surface area contributed by atoms with E-state index in [9.17, 15) is 14.4 Å². The minimum absolute atomic E-state index is 0.0999. The highest BCUT2D eigenvalue weighted by atomic mass is 16.5. The van der Waals surface area contributed by atoms with E-state index >= 15 is 0 Å². The molecule has 0 bridgehead atoms. The van der Waals surface area contributed by atoms with Crippen molar-refractivity contribution >= 4 is 28.5 Å². The fourth-order valence-electron chi connectivity index (χ4n) is 6.94. The Kier molecular flexibility index (Phi) is 10.2. The number of imidazole rings is 1. The number of carbonyl (C=O) groups excluding carboxylic acids is 3. The molecule has 10 heteroatoms. The molecule has 5 aromatic rings. The smallest absolute Gasteiger partial charge is 0.246 e. The molecule has 7 rings (SSSR count). The molecular weight excluding hydrogens is 628 g/mol. The standard InChI is InChI=1S/C40H42N6O4/c47-38(22-33-23-42-27-43-33)45(24-29-16-18-41-19-17-29)26-37-39(48)44-36(21-30-10-13-31-6-4-5-7-32(31)20-30)40(49)46(37)25-28-11-14-35(15-12-28)50-34-8-2-1-3-9-34/h1-15,20,23,27,29,36-37,41H,16-19,21-22,24-26H2,(H,42,43)(H,44,48)/t36-,37-/m0/s1. The molecule has 3 heterocycles. The Balaban J connectivity index is 1.15. The molecule has 0 aliphatic carbocycles. The summed E-state index contributed by atoms with van der Waals surface area (Å²) in [6.45, 7) is 2.61. The van der Waals surface area contributed by atoms with Crippen LogP contribution in [0.3, 0.4) is 0 Å². The Morgan fingerprint density at radius 2 is 1.56 bits per heavy atom. The number of hydrogen-bond donors (Lipinski definition) is 3. The number of H-pyrrole nitrogens is 1. The topological polar surface area (TPSA) is 120 Å². The molecular formula is C40H42N6O4. The number of aromatic amines is 1. The predicted octanol–water partition coefficient (Wildman–Crippen LogP) is 4.86. The highest BCUT2D eigenvalue weighted by Gasteiger charge is 2.42. The summed E-state index contributed by atoms with van der Waals surface area (Å²) in [5.41, 5.74) is 2.46. The van der Waals surface area contributed by atoms with Gasteiger partial charge in [-0.25, -0.2) is 4.98 Å². The van der Waals surface area contributed by atoms with E-state index in [1.807, 2.05) is 84.9 Å². The van der Waals surface area contributed by atoms with Gasteiger partial charge in [0.25, 0.3) is 0 Å². The van der Waals surface area contributed by atoms with Crippen molar-refractivity contribution in [1.29, 1.82) is 0 Å². The summed E-state index contributed by atoms with van der Waals surface area (Å²) in [6, 6.07) is 29.8. The number of nitrogens with one attached hydrogen (secondary N) is 3. The summed E-state index contributed by atoms with van der Waals surface area (Å²) in [4.78, 5) is 52.9. The molecule has 4 aromatic carbocycles. The molecule has 0 radical (unpaired) electrons. The van der Waals surface area contributed by atoms with E-state index < -0.39 is 12.1 Å². The average molecular weight is 671 g/mol. The first-order chi connectivity index (χ1) is 24.5. The number of fused-ring (bicyclic) bond motifs is 1. The quantitative estimate of drug-likeness (QED) is 0.175. The van der Waals surface area contributed by atoms with Gasteiger partial charge in [0.15, 0.2) is 0 Å². The summed E-state index contributed by atoms with van der Waals surface area (Å²) in [7, 11) is 0. The van der Waals surface area contributed by atoms with Crippen molar-refractivity contribution in [2.75, 3.05) is 26.2 Å². The van der Waals surface area contributed by atoms with Gasteiger partial charge in [-0.1, -0.05) is 72.8 Å². The van der Waals surface area contributed by atoms with Crippen LogP contribution in [0.5, 0.6) is 11.5 Å². The third kappa shape index (κ3) is 8.03. The molecule has 2 aliphatic heterocycles. The Morgan fingerprint density at radius 3 is 2.32 bits per heavy atom. The van der Waals surface area contributed by atoms with Gasteiger partial charge in [-0.05, 0) is 78.0 Å². The van der Waals surface area contributed by atoms with Gasteiger partial charge >= 0.3 is 0 Å². The molecule has 2 saturated heterocycles. The van der Waals surface area contributed by atoms with Crippen molar-refractivity contribution in [2.45, 2.75) is 44.3 Å². The zero-order valence-corrected chi connectivity index (χ0v) is 28.0. The molecule has 2 atom stereocenters. The van der Waals surface area contributed by atoms with Crippen LogP contribution in [0, 0.1) is 5.92 Å². The van der Waals surface area contributed by atoms with Crippen molar-refractivity contribution in [3.63, 3.8) is 0 Å². The minimum atomic E-state index is -0.861. The largest absolute Gasteiger partial charge is 0.457 e. The summed E-state index contributed by atoms with van der Waals surface area (Å²) in [5.74, 6) is 1.15. The number of carbonyl (C=O) groups is 3. The van der Waals surface area contributed by atoms with Crippen molar-refractivity contribution in [1.82, 2.24) is 30.4 Å². The highest BCUT2D eigenvalue weighted by Crippen LogP contribution is 2.25. The molecule has 3 N–H and O–H groups in total. The molecule has 0 saturated carbocycles. The maximum atomic E-state index is 14.4. The maximum absolute atomic E-state index is 14.4. The van der Waals surface area contributed by atoms with E-state index in [0.717, 1.165) is 53.6 Å². The summed E-state index contributed by atoms with van der Waals surface area (Å²) in [5, 5.41) is 8.63. The van der Waals surface area contributed by atoms with Gasteiger partial charge in [-0.3, -0.25) is 14.4 Å². The lowest BCUT2D eigenvalue weighted by Gasteiger charge is -2.42. The number of rotatable bonds is 12. The van der Waals surface area contributed by atoms with Gasteiger partial charge in [0.1, 0.15) is 23.6 Å². The first kappa shape index (κ1) is 33.0. The summed E-state index contributed by atoms with van der Waals surface area (Å²) < 4.78 is 5.99. The number of para-hydroxylation sites is 1. The molecule has 2 fully saturated rings.